The molecule has 0 saturated carbocycles. The molecule has 15 heavy (non-hydrogen) atoms. The van der Waals surface area contributed by atoms with Gasteiger partial charge in [0.25, 0.3) is 0 Å². The number of nitrogens with zero attached hydrogens (tertiary/aromatic N) is 3. The zero-order valence-corrected chi connectivity index (χ0v) is 8.18. The highest BCUT2D eigenvalue weighted by Gasteiger charge is 2.11. The molecule has 0 atom stereocenters. The smallest absolute Gasteiger partial charge is 0.174 e. The summed E-state index contributed by atoms with van der Waals surface area (Å²) in [5, 5.41) is 8.92. The number of imidazole rings is 1. The van der Waals surface area contributed by atoms with E-state index in [1.165, 1.54) is 16.8 Å². The first-order valence-corrected chi connectivity index (χ1v) is 4.48. The van der Waals surface area contributed by atoms with Crippen LogP contribution in [0.15, 0.2) is 24.7 Å². The Morgan fingerprint density at radius 2 is 2.20 bits per heavy atom. The van der Waals surface area contributed by atoms with Gasteiger partial charge in [-0.15, -0.1) is 0 Å². The summed E-state index contributed by atoms with van der Waals surface area (Å²) >= 11 is 0. The van der Waals surface area contributed by atoms with Crippen molar-refractivity contribution >= 4 is 0 Å². The SMILES string of the molecule is Cc1nccn1-c1nccc(CO)c1F. The van der Waals surface area contributed by atoms with E-state index in [1.807, 2.05) is 0 Å². The number of aromatic nitrogens is 3. The average Bonchev–Trinajstić information content (AvgIpc) is 2.65. The van der Waals surface area contributed by atoms with Gasteiger partial charge in [0.15, 0.2) is 11.6 Å². The molecular weight excluding hydrogens is 197 g/mol. The lowest BCUT2D eigenvalue weighted by Gasteiger charge is -2.07. The van der Waals surface area contributed by atoms with Crippen molar-refractivity contribution in [1.29, 1.82) is 0 Å². The molecule has 5 heteroatoms. The Kier molecular flexibility index (Phi) is 2.47. The number of halogens is 1. The number of aliphatic hydroxyl groups is 1. The molecule has 0 fully saturated rings. The minimum Gasteiger partial charge on any atom is -0.392 e. The van der Waals surface area contributed by atoms with Gasteiger partial charge in [-0.1, -0.05) is 0 Å². The molecule has 0 aliphatic heterocycles. The maximum Gasteiger partial charge on any atom is 0.174 e. The van der Waals surface area contributed by atoms with Crippen molar-refractivity contribution in [2.24, 2.45) is 0 Å². The number of aliphatic hydroxyl groups excluding tert-OH is 1. The second kappa shape index (κ2) is 3.78. The first kappa shape index (κ1) is 9.79. The number of pyridine rings is 1. The molecule has 0 aliphatic carbocycles. The van der Waals surface area contributed by atoms with Crippen LogP contribution in [-0.2, 0) is 6.61 Å². The van der Waals surface area contributed by atoms with Gasteiger partial charge in [0.1, 0.15) is 5.82 Å². The lowest BCUT2D eigenvalue weighted by molar-refractivity contribution is 0.275. The predicted molar refractivity (Wildman–Crippen MR) is 52.0 cm³/mol. The molecule has 1 N–H and O–H groups in total. The van der Waals surface area contributed by atoms with Crippen molar-refractivity contribution in [2.75, 3.05) is 0 Å². The van der Waals surface area contributed by atoms with Crippen LogP contribution in [0.2, 0.25) is 0 Å². The zero-order valence-electron chi connectivity index (χ0n) is 8.18. The Morgan fingerprint density at radius 3 is 2.80 bits per heavy atom. The summed E-state index contributed by atoms with van der Waals surface area (Å²) in [5.74, 6) is 0.300. The summed E-state index contributed by atoms with van der Waals surface area (Å²) in [4.78, 5) is 7.91. The summed E-state index contributed by atoms with van der Waals surface area (Å²) in [6, 6.07) is 1.45. The van der Waals surface area contributed by atoms with Gasteiger partial charge in [-0.2, -0.15) is 0 Å². The first-order valence-electron chi connectivity index (χ1n) is 4.48. The van der Waals surface area contributed by atoms with Crippen molar-refractivity contribution < 1.29 is 9.50 Å². The Bertz CT molecular complexity index is 481. The van der Waals surface area contributed by atoms with E-state index < -0.39 is 5.82 Å². The van der Waals surface area contributed by atoms with E-state index in [4.69, 9.17) is 5.11 Å². The molecule has 78 valence electrons. The van der Waals surface area contributed by atoms with Crippen LogP contribution >= 0.6 is 0 Å². The third-order valence-corrected chi connectivity index (χ3v) is 2.18. The predicted octanol–water partition coefficient (Wildman–Crippen LogP) is 1.21. The maximum absolute atomic E-state index is 13.7. The number of rotatable bonds is 2. The van der Waals surface area contributed by atoms with Crippen LogP contribution in [0.5, 0.6) is 0 Å². The molecule has 0 amide bonds. The van der Waals surface area contributed by atoms with E-state index in [9.17, 15) is 4.39 Å². The molecule has 0 bridgehead atoms. The lowest BCUT2D eigenvalue weighted by Crippen LogP contribution is -2.04. The third kappa shape index (κ3) is 1.61. The molecule has 0 aliphatic rings. The number of aryl methyl sites for hydroxylation is 1. The quantitative estimate of drug-likeness (QED) is 0.805. The van der Waals surface area contributed by atoms with Gasteiger partial charge in [0, 0.05) is 24.2 Å². The van der Waals surface area contributed by atoms with E-state index in [-0.39, 0.29) is 18.0 Å². The molecular formula is C10H10FN3O. The van der Waals surface area contributed by atoms with Gasteiger partial charge in [0.05, 0.1) is 6.61 Å². The van der Waals surface area contributed by atoms with Crippen molar-refractivity contribution in [3.8, 4) is 5.82 Å². The lowest BCUT2D eigenvalue weighted by atomic mass is 10.2. The normalized spacial score (nSPS) is 10.6. The summed E-state index contributed by atoms with van der Waals surface area (Å²) in [6.45, 7) is 1.42. The van der Waals surface area contributed by atoms with Crippen LogP contribution in [-0.4, -0.2) is 19.6 Å². The Labute approximate surface area is 86.0 Å². The highest BCUT2D eigenvalue weighted by atomic mass is 19.1. The minimum absolute atomic E-state index is 0.163. The van der Waals surface area contributed by atoms with Gasteiger partial charge in [-0.05, 0) is 13.0 Å². The van der Waals surface area contributed by atoms with Crippen LogP contribution in [0, 0.1) is 12.7 Å². The van der Waals surface area contributed by atoms with E-state index >= 15 is 0 Å². The second-order valence-electron chi connectivity index (χ2n) is 3.11. The monoisotopic (exact) mass is 207 g/mol. The molecule has 0 unspecified atom stereocenters. The Hall–Kier alpha value is -1.75. The fraction of sp³-hybridized carbons (Fsp3) is 0.200. The molecule has 0 radical (unpaired) electrons. The van der Waals surface area contributed by atoms with Gasteiger partial charge in [-0.3, -0.25) is 4.57 Å². The molecule has 0 spiro atoms. The van der Waals surface area contributed by atoms with Crippen LogP contribution < -0.4 is 0 Å². The molecule has 0 saturated heterocycles. The summed E-state index contributed by atoms with van der Waals surface area (Å²) < 4.78 is 15.3. The summed E-state index contributed by atoms with van der Waals surface area (Å²) in [6.07, 6.45) is 4.66. The van der Waals surface area contributed by atoms with Gasteiger partial charge in [0.2, 0.25) is 0 Å². The first-order chi connectivity index (χ1) is 7.24. The average molecular weight is 207 g/mol. The van der Waals surface area contributed by atoms with Crippen molar-refractivity contribution in [1.82, 2.24) is 14.5 Å². The van der Waals surface area contributed by atoms with Crippen LogP contribution in [0.1, 0.15) is 11.4 Å². The zero-order chi connectivity index (χ0) is 10.8. The van der Waals surface area contributed by atoms with Crippen LogP contribution in [0.25, 0.3) is 5.82 Å². The Morgan fingerprint density at radius 1 is 1.40 bits per heavy atom. The molecule has 4 nitrogen and oxygen atoms in total. The molecule has 2 aromatic rings. The molecule has 2 rings (SSSR count). The topological polar surface area (TPSA) is 50.9 Å². The van der Waals surface area contributed by atoms with Crippen molar-refractivity contribution in [3.63, 3.8) is 0 Å². The summed E-state index contributed by atoms with van der Waals surface area (Å²) in [5.41, 5.74) is 0.230. The number of hydrogen-bond donors (Lipinski definition) is 1. The van der Waals surface area contributed by atoms with Crippen molar-refractivity contribution in [3.05, 3.63) is 41.9 Å². The largest absolute Gasteiger partial charge is 0.392 e. The third-order valence-electron chi connectivity index (χ3n) is 2.18. The molecule has 2 aromatic heterocycles. The van der Waals surface area contributed by atoms with Crippen molar-refractivity contribution in [2.45, 2.75) is 13.5 Å². The van der Waals surface area contributed by atoms with Crippen LogP contribution in [0.3, 0.4) is 0 Å². The van der Waals surface area contributed by atoms with E-state index in [0.29, 0.717) is 5.82 Å². The van der Waals surface area contributed by atoms with Gasteiger partial charge >= 0.3 is 0 Å². The van der Waals surface area contributed by atoms with E-state index in [0.717, 1.165) is 0 Å². The minimum atomic E-state index is -0.513. The van der Waals surface area contributed by atoms with Gasteiger partial charge < -0.3 is 5.11 Å². The highest BCUT2D eigenvalue weighted by Crippen LogP contribution is 2.15. The number of hydrogen-bond acceptors (Lipinski definition) is 3. The van der Waals surface area contributed by atoms with Gasteiger partial charge in [-0.25, -0.2) is 14.4 Å². The van der Waals surface area contributed by atoms with E-state index in [2.05, 4.69) is 9.97 Å². The van der Waals surface area contributed by atoms with Crippen LogP contribution in [0.4, 0.5) is 4.39 Å². The molecule has 2 heterocycles. The molecule has 0 aromatic carbocycles. The highest BCUT2D eigenvalue weighted by molar-refractivity contribution is 5.31. The summed E-state index contributed by atoms with van der Waals surface area (Å²) in [7, 11) is 0. The van der Waals surface area contributed by atoms with E-state index in [1.54, 1.807) is 19.3 Å². The second-order valence-corrected chi connectivity index (χ2v) is 3.11. The fourth-order valence-electron chi connectivity index (χ4n) is 1.36. The Balaban J connectivity index is 2.59. The maximum atomic E-state index is 13.7. The fourth-order valence-corrected chi connectivity index (χ4v) is 1.36. The standard InChI is InChI=1S/C10H10FN3O/c1-7-12-4-5-14(7)10-9(11)8(6-15)2-3-13-10/h2-5,15H,6H2,1H3.